The molecular formula is C15H20ClFN2. The van der Waals surface area contributed by atoms with Crippen LogP contribution in [0.15, 0.2) is 18.2 Å². The molecule has 1 spiro atoms. The van der Waals surface area contributed by atoms with Crippen LogP contribution in [-0.2, 0) is 6.54 Å². The molecule has 0 amide bonds. The summed E-state index contributed by atoms with van der Waals surface area (Å²) in [5, 5.41) is 3.92. The average molecular weight is 283 g/mol. The monoisotopic (exact) mass is 282 g/mol. The molecule has 2 aliphatic rings. The van der Waals surface area contributed by atoms with Crippen LogP contribution in [-0.4, -0.2) is 31.1 Å². The lowest BCUT2D eigenvalue weighted by molar-refractivity contribution is 0.194. The minimum atomic E-state index is -0.238. The quantitative estimate of drug-likeness (QED) is 0.897. The maximum Gasteiger partial charge on any atom is 0.125 e. The number of benzene rings is 1. The van der Waals surface area contributed by atoms with E-state index in [1.165, 1.54) is 25.3 Å². The molecule has 1 aromatic carbocycles. The number of hydrogen-bond donors (Lipinski definition) is 1. The third-order valence-electron chi connectivity index (χ3n) is 4.51. The lowest BCUT2D eigenvalue weighted by Crippen LogP contribution is -2.38. The molecule has 2 nitrogen and oxygen atoms in total. The molecule has 0 unspecified atom stereocenters. The van der Waals surface area contributed by atoms with Crippen molar-refractivity contribution in [2.24, 2.45) is 5.41 Å². The summed E-state index contributed by atoms with van der Waals surface area (Å²) in [6.45, 7) is 5.35. The third kappa shape index (κ3) is 3.10. The number of nitrogens with zero attached hydrogens (tertiary/aromatic N) is 1. The van der Waals surface area contributed by atoms with Crippen molar-refractivity contribution in [3.05, 3.63) is 34.6 Å². The summed E-state index contributed by atoms with van der Waals surface area (Å²) >= 11 is 5.91. The molecule has 2 saturated heterocycles. The van der Waals surface area contributed by atoms with Crippen molar-refractivity contribution in [1.29, 1.82) is 0 Å². The zero-order valence-corrected chi connectivity index (χ0v) is 11.8. The van der Waals surface area contributed by atoms with Crippen molar-refractivity contribution < 1.29 is 4.39 Å². The first kappa shape index (κ1) is 13.3. The zero-order valence-electron chi connectivity index (χ0n) is 11.1. The Bertz CT molecular complexity index is 437. The van der Waals surface area contributed by atoms with Crippen molar-refractivity contribution in [2.45, 2.75) is 25.8 Å². The normalized spacial score (nSPS) is 23.1. The minimum absolute atomic E-state index is 0.238. The van der Waals surface area contributed by atoms with Gasteiger partial charge in [-0.25, -0.2) is 4.39 Å². The molecule has 0 saturated carbocycles. The number of nitrogens with one attached hydrogen (secondary N) is 1. The van der Waals surface area contributed by atoms with Crippen LogP contribution in [0.1, 0.15) is 24.8 Å². The van der Waals surface area contributed by atoms with Gasteiger partial charge in [-0.2, -0.15) is 0 Å². The molecule has 104 valence electrons. The smallest absolute Gasteiger partial charge is 0.125 e. The van der Waals surface area contributed by atoms with Gasteiger partial charge in [0.1, 0.15) is 5.82 Å². The Labute approximate surface area is 118 Å². The maximum absolute atomic E-state index is 13.3. The molecule has 3 rings (SSSR count). The number of hydrogen-bond acceptors (Lipinski definition) is 2. The van der Waals surface area contributed by atoms with Gasteiger partial charge in [0.2, 0.25) is 0 Å². The van der Waals surface area contributed by atoms with Crippen LogP contribution in [0.25, 0.3) is 0 Å². The van der Waals surface area contributed by atoms with Gasteiger partial charge in [-0.1, -0.05) is 11.6 Å². The van der Waals surface area contributed by atoms with Gasteiger partial charge in [0.25, 0.3) is 0 Å². The zero-order chi connectivity index (χ0) is 13.3. The summed E-state index contributed by atoms with van der Waals surface area (Å²) in [6, 6.07) is 4.83. The highest BCUT2D eigenvalue weighted by molar-refractivity contribution is 6.30. The van der Waals surface area contributed by atoms with E-state index in [2.05, 4.69) is 10.2 Å². The highest BCUT2D eigenvalue weighted by atomic mass is 35.5. The predicted molar refractivity (Wildman–Crippen MR) is 75.8 cm³/mol. The molecule has 0 aliphatic carbocycles. The molecule has 0 radical (unpaired) electrons. The Morgan fingerprint density at radius 2 is 2.00 bits per heavy atom. The highest BCUT2D eigenvalue weighted by Crippen LogP contribution is 2.39. The lowest BCUT2D eigenvalue weighted by atomic mass is 9.78. The van der Waals surface area contributed by atoms with E-state index >= 15 is 0 Å². The van der Waals surface area contributed by atoms with Crippen LogP contribution in [0.5, 0.6) is 0 Å². The molecule has 19 heavy (non-hydrogen) atoms. The second-order valence-electron chi connectivity index (χ2n) is 5.99. The lowest BCUT2D eigenvalue weighted by Gasteiger charge is -2.33. The second-order valence-corrected chi connectivity index (χ2v) is 6.42. The molecule has 2 aliphatic heterocycles. The van der Waals surface area contributed by atoms with Crippen LogP contribution >= 0.6 is 11.6 Å². The first-order valence-corrected chi connectivity index (χ1v) is 7.41. The fraction of sp³-hybridized carbons (Fsp3) is 0.600. The van der Waals surface area contributed by atoms with Gasteiger partial charge < -0.3 is 5.32 Å². The van der Waals surface area contributed by atoms with Crippen LogP contribution in [0.2, 0.25) is 5.02 Å². The molecule has 4 heteroatoms. The largest absolute Gasteiger partial charge is 0.317 e. The molecule has 0 bridgehead atoms. The van der Waals surface area contributed by atoms with Crippen LogP contribution in [0.4, 0.5) is 4.39 Å². The summed E-state index contributed by atoms with van der Waals surface area (Å²) in [5.74, 6) is -0.238. The molecule has 2 fully saturated rings. The average Bonchev–Trinajstić information content (AvgIpc) is 2.71. The Balaban J connectivity index is 1.65. The second kappa shape index (κ2) is 5.39. The molecule has 0 aromatic heterocycles. The van der Waals surface area contributed by atoms with Gasteiger partial charge in [0, 0.05) is 18.1 Å². The van der Waals surface area contributed by atoms with E-state index < -0.39 is 0 Å². The highest BCUT2D eigenvalue weighted by Gasteiger charge is 2.38. The van der Waals surface area contributed by atoms with Gasteiger partial charge in [0.05, 0.1) is 0 Å². The van der Waals surface area contributed by atoms with Gasteiger partial charge in [-0.15, -0.1) is 0 Å². The van der Waals surface area contributed by atoms with Crippen molar-refractivity contribution in [1.82, 2.24) is 10.2 Å². The van der Waals surface area contributed by atoms with Crippen molar-refractivity contribution in [3.63, 3.8) is 0 Å². The summed E-state index contributed by atoms with van der Waals surface area (Å²) in [4.78, 5) is 2.44. The van der Waals surface area contributed by atoms with Gasteiger partial charge in [-0.05, 0) is 68.1 Å². The van der Waals surface area contributed by atoms with E-state index in [1.54, 1.807) is 6.07 Å². The van der Waals surface area contributed by atoms with Gasteiger partial charge >= 0.3 is 0 Å². The summed E-state index contributed by atoms with van der Waals surface area (Å²) < 4.78 is 13.3. The van der Waals surface area contributed by atoms with Gasteiger partial charge in [0.15, 0.2) is 0 Å². The maximum atomic E-state index is 13.3. The fourth-order valence-electron chi connectivity index (χ4n) is 3.49. The van der Waals surface area contributed by atoms with Crippen LogP contribution in [0, 0.1) is 11.2 Å². The van der Waals surface area contributed by atoms with Crippen molar-refractivity contribution in [2.75, 3.05) is 26.2 Å². The number of likely N-dealkylation sites (tertiary alicyclic amines) is 1. The van der Waals surface area contributed by atoms with E-state index in [1.807, 2.05) is 6.07 Å². The minimum Gasteiger partial charge on any atom is -0.317 e. The molecule has 1 aromatic rings. The van der Waals surface area contributed by atoms with E-state index in [-0.39, 0.29) is 5.82 Å². The number of piperidine rings is 1. The van der Waals surface area contributed by atoms with E-state index in [4.69, 9.17) is 11.6 Å². The van der Waals surface area contributed by atoms with Crippen molar-refractivity contribution >= 4 is 11.6 Å². The standard InChI is InChI=1S/C15H20ClFN2/c16-13-7-12(8-14(17)9-13)10-19-6-3-15(11-19)1-4-18-5-2-15/h7-9,18H,1-6,10-11H2. The van der Waals surface area contributed by atoms with E-state index in [0.29, 0.717) is 10.4 Å². The Kier molecular flexibility index (Phi) is 3.79. The summed E-state index contributed by atoms with van der Waals surface area (Å²) in [6.07, 6.45) is 3.82. The topological polar surface area (TPSA) is 15.3 Å². The first-order chi connectivity index (χ1) is 9.15. The Morgan fingerprint density at radius 1 is 1.21 bits per heavy atom. The fourth-order valence-corrected chi connectivity index (χ4v) is 3.73. The third-order valence-corrected chi connectivity index (χ3v) is 4.73. The Hall–Kier alpha value is -0.640. The van der Waals surface area contributed by atoms with Crippen LogP contribution in [0.3, 0.4) is 0 Å². The molecular weight excluding hydrogens is 263 g/mol. The van der Waals surface area contributed by atoms with Crippen molar-refractivity contribution in [3.8, 4) is 0 Å². The molecule has 1 N–H and O–H groups in total. The van der Waals surface area contributed by atoms with Crippen LogP contribution < -0.4 is 5.32 Å². The van der Waals surface area contributed by atoms with Gasteiger partial charge in [-0.3, -0.25) is 4.90 Å². The summed E-state index contributed by atoms with van der Waals surface area (Å²) in [7, 11) is 0. The number of rotatable bonds is 2. The SMILES string of the molecule is Fc1cc(Cl)cc(CN2CCC3(CCNCC3)C2)c1. The van der Waals surface area contributed by atoms with E-state index in [0.717, 1.165) is 38.3 Å². The predicted octanol–water partition coefficient (Wildman–Crippen LogP) is 3.05. The van der Waals surface area contributed by atoms with E-state index in [9.17, 15) is 4.39 Å². The summed E-state index contributed by atoms with van der Waals surface area (Å²) in [5.41, 5.74) is 1.48. The number of halogens is 2. The molecule has 0 atom stereocenters. The Morgan fingerprint density at radius 3 is 2.74 bits per heavy atom. The molecule has 2 heterocycles. The first-order valence-electron chi connectivity index (χ1n) is 7.03.